The minimum atomic E-state index is 0.320. The molecule has 0 aliphatic heterocycles. The highest BCUT2D eigenvalue weighted by Gasteiger charge is 2.08. The number of thiocarbonyl (C=S) groups is 1. The van der Waals surface area contributed by atoms with Crippen LogP contribution in [0.2, 0.25) is 0 Å². The molecule has 0 aliphatic carbocycles. The smallest absolute Gasteiger partial charge is 0.130 e. The Labute approximate surface area is 125 Å². The lowest BCUT2D eigenvalue weighted by Gasteiger charge is -2.10. The van der Waals surface area contributed by atoms with Crippen LogP contribution >= 0.6 is 28.1 Å². The Morgan fingerprint density at radius 1 is 1.53 bits per heavy atom. The number of benzene rings is 1. The molecule has 0 bridgehead atoms. The van der Waals surface area contributed by atoms with Gasteiger partial charge < -0.3 is 10.5 Å². The van der Waals surface area contributed by atoms with Gasteiger partial charge in [-0.25, -0.2) is 0 Å². The topological polar surface area (TPSA) is 53.1 Å². The van der Waals surface area contributed by atoms with Gasteiger partial charge in [0, 0.05) is 22.8 Å². The van der Waals surface area contributed by atoms with Gasteiger partial charge in [0.05, 0.1) is 11.8 Å². The second-order valence-electron chi connectivity index (χ2n) is 4.00. The van der Waals surface area contributed by atoms with Gasteiger partial charge >= 0.3 is 0 Å². The van der Waals surface area contributed by atoms with Gasteiger partial charge in [-0.05, 0) is 25.1 Å². The molecule has 0 unspecified atom stereocenters. The fourth-order valence-corrected chi connectivity index (χ4v) is 2.16. The number of ether oxygens (including phenoxy) is 1. The highest BCUT2D eigenvalue weighted by Crippen LogP contribution is 2.24. The van der Waals surface area contributed by atoms with Crippen molar-refractivity contribution in [2.75, 3.05) is 0 Å². The standard InChI is InChI=1S/C13H14BrN3OS/c1-2-17-7-9(6-16-17)8-18-12-4-3-10(14)5-11(12)13(15)19/h3-7H,2,8H2,1H3,(H2,15,19). The number of hydrogen-bond acceptors (Lipinski definition) is 3. The van der Waals surface area contributed by atoms with E-state index >= 15 is 0 Å². The maximum absolute atomic E-state index is 5.76. The SMILES string of the molecule is CCn1cc(COc2ccc(Br)cc2C(N)=S)cn1. The molecule has 0 saturated carbocycles. The van der Waals surface area contributed by atoms with Gasteiger partial charge in [0.1, 0.15) is 17.3 Å². The molecule has 0 aliphatic rings. The van der Waals surface area contributed by atoms with E-state index in [0.717, 1.165) is 22.1 Å². The predicted molar refractivity (Wildman–Crippen MR) is 82.3 cm³/mol. The minimum absolute atomic E-state index is 0.320. The predicted octanol–water partition coefficient (Wildman–Crippen LogP) is 2.88. The van der Waals surface area contributed by atoms with Gasteiger partial charge in [-0.1, -0.05) is 28.1 Å². The molecule has 0 spiro atoms. The summed E-state index contributed by atoms with van der Waals surface area (Å²) in [4.78, 5) is 0.320. The largest absolute Gasteiger partial charge is 0.488 e. The van der Waals surface area contributed by atoms with Crippen molar-refractivity contribution in [3.8, 4) is 5.75 Å². The molecule has 2 N–H and O–H groups in total. The maximum Gasteiger partial charge on any atom is 0.130 e. The summed E-state index contributed by atoms with van der Waals surface area (Å²) in [6, 6.07) is 5.60. The first-order valence-electron chi connectivity index (χ1n) is 5.83. The first-order chi connectivity index (χ1) is 9.10. The molecule has 6 heteroatoms. The van der Waals surface area contributed by atoms with Crippen LogP contribution < -0.4 is 10.5 Å². The summed E-state index contributed by atoms with van der Waals surface area (Å²) in [5.74, 6) is 0.681. The Balaban J connectivity index is 2.12. The van der Waals surface area contributed by atoms with E-state index < -0.39 is 0 Å². The van der Waals surface area contributed by atoms with Crippen molar-refractivity contribution in [1.82, 2.24) is 9.78 Å². The van der Waals surface area contributed by atoms with E-state index in [0.29, 0.717) is 17.3 Å². The van der Waals surface area contributed by atoms with E-state index in [9.17, 15) is 0 Å². The Morgan fingerprint density at radius 3 is 2.95 bits per heavy atom. The van der Waals surface area contributed by atoms with Crippen molar-refractivity contribution >= 4 is 33.1 Å². The van der Waals surface area contributed by atoms with Gasteiger partial charge in [0.2, 0.25) is 0 Å². The fourth-order valence-electron chi connectivity index (χ4n) is 1.64. The molecular formula is C13H14BrN3OS. The minimum Gasteiger partial charge on any atom is -0.488 e. The zero-order valence-corrected chi connectivity index (χ0v) is 12.9. The lowest BCUT2D eigenvalue weighted by molar-refractivity contribution is 0.305. The van der Waals surface area contributed by atoms with E-state index in [1.54, 1.807) is 6.20 Å². The van der Waals surface area contributed by atoms with Crippen LogP contribution in [0.15, 0.2) is 35.1 Å². The molecule has 1 aromatic carbocycles. The van der Waals surface area contributed by atoms with Crippen LogP contribution in [-0.2, 0) is 13.2 Å². The number of hydrogen-bond donors (Lipinski definition) is 1. The number of aryl methyl sites for hydroxylation is 1. The van der Waals surface area contributed by atoms with Gasteiger partial charge in [-0.3, -0.25) is 4.68 Å². The molecule has 0 radical (unpaired) electrons. The van der Waals surface area contributed by atoms with Crippen molar-refractivity contribution in [3.05, 3.63) is 46.2 Å². The number of halogens is 1. The Bertz CT molecular complexity index is 597. The Hall–Kier alpha value is -1.40. The molecule has 4 nitrogen and oxygen atoms in total. The van der Waals surface area contributed by atoms with Gasteiger partial charge in [-0.2, -0.15) is 5.10 Å². The third kappa shape index (κ3) is 3.54. The molecule has 19 heavy (non-hydrogen) atoms. The van der Waals surface area contributed by atoms with Crippen LogP contribution in [0.3, 0.4) is 0 Å². The van der Waals surface area contributed by atoms with Crippen molar-refractivity contribution in [3.63, 3.8) is 0 Å². The number of nitrogens with two attached hydrogens (primary N) is 1. The first kappa shape index (κ1) is 14.0. The number of aromatic nitrogens is 2. The van der Waals surface area contributed by atoms with E-state index in [4.69, 9.17) is 22.7 Å². The van der Waals surface area contributed by atoms with Crippen LogP contribution in [-0.4, -0.2) is 14.8 Å². The Kier molecular flexibility index (Phi) is 4.55. The molecule has 0 atom stereocenters. The second-order valence-corrected chi connectivity index (χ2v) is 5.35. The summed E-state index contributed by atoms with van der Waals surface area (Å²) in [5, 5.41) is 4.20. The monoisotopic (exact) mass is 339 g/mol. The molecular weight excluding hydrogens is 326 g/mol. The van der Waals surface area contributed by atoms with E-state index in [-0.39, 0.29) is 0 Å². The maximum atomic E-state index is 5.76. The average molecular weight is 340 g/mol. The molecule has 0 fully saturated rings. The molecule has 0 saturated heterocycles. The van der Waals surface area contributed by atoms with E-state index in [2.05, 4.69) is 21.0 Å². The summed E-state index contributed by atoms with van der Waals surface area (Å²) in [6.07, 6.45) is 3.75. The zero-order valence-electron chi connectivity index (χ0n) is 10.5. The van der Waals surface area contributed by atoms with Crippen molar-refractivity contribution < 1.29 is 4.74 Å². The molecule has 100 valence electrons. The third-order valence-corrected chi connectivity index (χ3v) is 3.33. The highest BCUT2D eigenvalue weighted by atomic mass is 79.9. The summed E-state index contributed by atoms with van der Waals surface area (Å²) >= 11 is 8.41. The summed E-state index contributed by atoms with van der Waals surface area (Å²) in [7, 11) is 0. The Morgan fingerprint density at radius 2 is 2.32 bits per heavy atom. The van der Waals surface area contributed by atoms with E-state index in [1.165, 1.54) is 0 Å². The molecule has 2 aromatic rings. The summed E-state index contributed by atoms with van der Waals surface area (Å²) < 4.78 is 8.53. The third-order valence-electron chi connectivity index (χ3n) is 2.61. The zero-order chi connectivity index (χ0) is 13.8. The number of nitrogens with zero attached hydrogens (tertiary/aromatic N) is 2. The normalized spacial score (nSPS) is 10.4. The molecule has 0 amide bonds. The van der Waals surface area contributed by atoms with Crippen LogP contribution in [0.25, 0.3) is 0 Å². The lowest BCUT2D eigenvalue weighted by atomic mass is 10.2. The second kappa shape index (κ2) is 6.16. The fraction of sp³-hybridized carbons (Fsp3) is 0.231. The van der Waals surface area contributed by atoms with Gasteiger partial charge in [-0.15, -0.1) is 0 Å². The summed E-state index contributed by atoms with van der Waals surface area (Å²) in [6.45, 7) is 3.32. The molecule has 2 rings (SSSR count). The van der Waals surface area contributed by atoms with Crippen molar-refractivity contribution in [2.45, 2.75) is 20.1 Å². The first-order valence-corrected chi connectivity index (χ1v) is 7.03. The van der Waals surface area contributed by atoms with Gasteiger partial charge in [0.25, 0.3) is 0 Å². The van der Waals surface area contributed by atoms with Crippen LogP contribution in [0.1, 0.15) is 18.1 Å². The van der Waals surface area contributed by atoms with Crippen LogP contribution in [0, 0.1) is 0 Å². The summed E-state index contributed by atoms with van der Waals surface area (Å²) in [5.41, 5.74) is 7.43. The molecule has 1 aromatic heterocycles. The average Bonchev–Trinajstić information content (AvgIpc) is 2.85. The van der Waals surface area contributed by atoms with Crippen LogP contribution in [0.5, 0.6) is 5.75 Å². The lowest BCUT2D eigenvalue weighted by Crippen LogP contribution is -2.11. The van der Waals surface area contributed by atoms with Crippen LogP contribution in [0.4, 0.5) is 0 Å². The molecule has 1 heterocycles. The van der Waals surface area contributed by atoms with Crippen molar-refractivity contribution in [2.24, 2.45) is 5.73 Å². The highest BCUT2D eigenvalue weighted by molar-refractivity contribution is 9.10. The quantitative estimate of drug-likeness (QED) is 0.851. The van der Waals surface area contributed by atoms with Gasteiger partial charge in [0.15, 0.2) is 0 Å². The van der Waals surface area contributed by atoms with Crippen molar-refractivity contribution in [1.29, 1.82) is 0 Å². The number of rotatable bonds is 5. The van der Waals surface area contributed by atoms with E-state index in [1.807, 2.05) is 36.0 Å².